The van der Waals surface area contributed by atoms with Crippen LogP contribution in [0.5, 0.6) is 0 Å². The summed E-state index contributed by atoms with van der Waals surface area (Å²) in [6.07, 6.45) is 0.0128. The van der Waals surface area contributed by atoms with Gasteiger partial charge in [0.15, 0.2) is 5.13 Å². The number of aliphatic hydroxyl groups excluding tert-OH is 1. The van der Waals surface area contributed by atoms with Crippen molar-refractivity contribution in [2.75, 3.05) is 5.32 Å². The van der Waals surface area contributed by atoms with E-state index in [2.05, 4.69) is 15.6 Å². The molecular weight excluding hydrogens is 372 g/mol. The van der Waals surface area contributed by atoms with Gasteiger partial charge in [0, 0.05) is 11.6 Å². The first-order valence-electron chi connectivity index (χ1n) is 8.60. The number of hydrogen-bond donors (Lipinski definition) is 5. The molecule has 27 heavy (non-hydrogen) atoms. The molecule has 0 radical (unpaired) electrons. The van der Waals surface area contributed by atoms with Crippen molar-refractivity contribution in [3.05, 3.63) is 11.6 Å². The van der Waals surface area contributed by atoms with Gasteiger partial charge in [0.1, 0.15) is 12.1 Å². The lowest BCUT2D eigenvalue weighted by Crippen LogP contribution is -2.55. The van der Waals surface area contributed by atoms with Gasteiger partial charge in [0.25, 0.3) is 5.91 Å². The normalized spacial score (nSPS) is 15.0. The Hall–Kier alpha value is -2.04. The summed E-state index contributed by atoms with van der Waals surface area (Å²) in [6, 6.07) is -0.923. The highest BCUT2D eigenvalue weighted by Gasteiger charge is 2.38. The van der Waals surface area contributed by atoms with Crippen LogP contribution in [0.25, 0.3) is 0 Å². The molecule has 1 aromatic rings. The maximum Gasteiger partial charge on any atom is 0.272 e. The number of hydroxylamine groups is 1. The van der Waals surface area contributed by atoms with Gasteiger partial charge in [-0.2, -0.15) is 0 Å². The van der Waals surface area contributed by atoms with E-state index < -0.39 is 41.2 Å². The summed E-state index contributed by atoms with van der Waals surface area (Å²) >= 11 is 1.25. The Kier molecular flexibility index (Phi) is 8.32. The summed E-state index contributed by atoms with van der Waals surface area (Å²) in [6.45, 7) is 9.02. The largest absolute Gasteiger partial charge is 0.382 e. The molecule has 1 heterocycles. The Morgan fingerprint density at radius 2 is 1.81 bits per heavy atom. The van der Waals surface area contributed by atoms with Crippen LogP contribution in [-0.2, 0) is 14.4 Å². The highest BCUT2D eigenvalue weighted by molar-refractivity contribution is 7.13. The molecular formula is C17H28N4O5S. The zero-order chi connectivity index (χ0) is 20.8. The standard InChI is InChI=1S/C17H28N4O5S/c1-9(2)8-10(11(22)14(24)21-26)13(23)19-12(17(3,4)5)15(25)20-16-18-6-7-27-16/h6-7,9-12,22,26H,8H2,1-5H3,(H,19,23)(H,21,24)(H,18,20,25)/t10-,11+,12?/m1/s1. The molecule has 1 unspecified atom stereocenters. The summed E-state index contributed by atoms with van der Waals surface area (Å²) < 4.78 is 0. The van der Waals surface area contributed by atoms with Gasteiger partial charge in [-0.15, -0.1) is 11.3 Å². The van der Waals surface area contributed by atoms with Crippen LogP contribution in [0.3, 0.4) is 0 Å². The lowest BCUT2D eigenvalue weighted by molar-refractivity contribution is -0.147. The fraction of sp³-hybridized carbons (Fsp3) is 0.647. The number of thiazole rings is 1. The van der Waals surface area contributed by atoms with Crippen LogP contribution in [0.15, 0.2) is 11.6 Å². The van der Waals surface area contributed by atoms with Crippen molar-refractivity contribution in [2.45, 2.75) is 53.2 Å². The molecule has 0 saturated carbocycles. The number of rotatable bonds is 8. The second-order valence-corrected chi connectivity index (χ2v) is 8.69. The van der Waals surface area contributed by atoms with E-state index >= 15 is 0 Å². The number of nitrogens with one attached hydrogen (secondary N) is 3. The van der Waals surface area contributed by atoms with Gasteiger partial charge >= 0.3 is 0 Å². The molecule has 0 aromatic carbocycles. The SMILES string of the molecule is CC(C)C[C@@H](C(=O)NC(C(=O)Nc1nccs1)C(C)(C)C)[C@H](O)C(=O)NO. The van der Waals surface area contributed by atoms with Crippen LogP contribution in [0.4, 0.5) is 5.13 Å². The van der Waals surface area contributed by atoms with Crippen LogP contribution >= 0.6 is 11.3 Å². The van der Waals surface area contributed by atoms with Crippen LogP contribution < -0.4 is 16.1 Å². The topological polar surface area (TPSA) is 141 Å². The van der Waals surface area contributed by atoms with Crippen molar-refractivity contribution in [2.24, 2.45) is 17.3 Å². The fourth-order valence-electron chi connectivity index (χ4n) is 2.52. The Morgan fingerprint density at radius 3 is 2.26 bits per heavy atom. The molecule has 1 aromatic heterocycles. The van der Waals surface area contributed by atoms with E-state index in [-0.39, 0.29) is 12.3 Å². The van der Waals surface area contributed by atoms with Gasteiger partial charge in [0.2, 0.25) is 11.8 Å². The summed E-state index contributed by atoms with van der Waals surface area (Å²) in [7, 11) is 0. The Morgan fingerprint density at radius 1 is 1.19 bits per heavy atom. The number of carbonyl (C=O) groups is 3. The molecule has 0 aliphatic carbocycles. The van der Waals surface area contributed by atoms with E-state index in [0.717, 1.165) is 0 Å². The molecule has 0 spiro atoms. The van der Waals surface area contributed by atoms with Crippen LogP contribution in [-0.4, -0.2) is 45.2 Å². The molecule has 1 rings (SSSR count). The molecule has 0 saturated heterocycles. The molecule has 0 bridgehead atoms. The molecule has 0 aliphatic heterocycles. The second-order valence-electron chi connectivity index (χ2n) is 7.79. The third kappa shape index (κ3) is 6.89. The van der Waals surface area contributed by atoms with Gasteiger partial charge in [-0.1, -0.05) is 34.6 Å². The number of aliphatic hydroxyl groups is 1. The third-order valence-corrected chi connectivity index (χ3v) is 4.59. The lowest BCUT2D eigenvalue weighted by Gasteiger charge is -2.32. The van der Waals surface area contributed by atoms with E-state index in [4.69, 9.17) is 5.21 Å². The van der Waals surface area contributed by atoms with Crippen LogP contribution in [0.2, 0.25) is 0 Å². The van der Waals surface area contributed by atoms with E-state index in [9.17, 15) is 19.5 Å². The molecule has 10 heteroatoms. The van der Waals surface area contributed by atoms with Gasteiger partial charge in [-0.05, 0) is 17.8 Å². The summed E-state index contributed by atoms with van der Waals surface area (Å²) in [5.74, 6) is -3.28. The second kappa shape index (κ2) is 9.77. The molecule has 9 nitrogen and oxygen atoms in total. The maximum atomic E-state index is 12.8. The monoisotopic (exact) mass is 400 g/mol. The first kappa shape index (κ1) is 23.0. The fourth-order valence-corrected chi connectivity index (χ4v) is 3.06. The number of aromatic nitrogens is 1. The van der Waals surface area contributed by atoms with Crippen molar-refractivity contribution in [3.63, 3.8) is 0 Å². The predicted molar refractivity (Wildman–Crippen MR) is 101 cm³/mol. The van der Waals surface area contributed by atoms with E-state index in [1.54, 1.807) is 32.3 Å². The average Bonchev–Trinajstić information content (AvgIpc) is 3.07. The van der Waals surface area contributed by atoms with Gasteiger partial charge in [0.05, 0.1) is 5.92 Å². The zero-order valence-corrected chi connectivity index (χ0v) is 17.0. The summed E-state index contributed by atoms with van der Waals surface area (Å²) in [5, 5.41) is 26.3. The first-order chi connectivity index (χ1) is 12.5. The van der Waals surface area contributed by atoms with Gasteiger partial charge in [-0.25, -0.2) is 10.5 Å². The Labute approximate surface area is 162 Å². The summed E-state index contributed by atoms with van der Waals surface area (Å²) in [4.78, 5) is 41.0. The van der Waals surface area contributed by atoms with E-state index in [0.29, 0.717) is 5.13 Å². The number of carbonyl (C=O) groups excluding carboxylic acids is 3. The molecule has 3 amide bonds. The van der Waals surface area contributed by atoms with Crippen LogP contribution in [0.1, 0.15) is 41.0 Å². The third-order valence-electron chi connectivity index (χ3n) is 3.90. The molecule has 0 fully saturated rings. The highest BCUT2D eigenvalue weighted by Crippen LogP contribution is 2.24. The Balaban J connectivity index is 3.00. The number of hydrogen-bond acceptors (Lipinski definition) is 7. The quantitative estimate of drug-likeness (QED) is 0.327. The maximum absolute atomic E-state index is 12.8. The van der Waals surface area contributed by atoms with Crippen molar-refractivity contribution in [3.8, 4) is 0 Å². The number of anilines is 1. The minimum Gasteiger partial charge on any atom is -0.382 e. The van der Waals surface area contributed by atoms with Gasteiger partial charge in [-0.3, -0.25) is 19.6 Å². The predicted octanol–water partition coefficient (Wildman–Crippen LogP) is 1.14. The van der Waals surface area contributed by atoms with E-state index in [1.807, 2.05) is 13.8 Å². The van der Waals surface area contributed by atoms with Crippen molar-refractivity contribution < 1.29 is 24.7 Å². The van der Waals surface area contributed by atoms with E-state index in [1.165, 1.54) is 16.8 Å². The average molecular weight is 401 g/mol. The molecule has 152 valence electrons. The zero-order valence-electron chi connectivity index (χ0n) is 16.1. The first-order valence-corrected chi connectivity index (χ1v) is 9.48. The van der Waals surface area contributed by atoms with Gasteiger partial charge < -0.3 is 15.7 Å². The van der Waals surface area contributed by atoms with Crippen LogP contribution in [0, 0.1) is 17.3 Å². The molecule has 0 aliphatic rings. The van der Waals surface area contributed by atoms with Crippen molar-refractivity contribution in [1.82, 2.24) is 15.8 Å². The number of nitrogens with zero attached hydrogens (tertiary/aromatic N) is 1. The highest BCUT2D eigenvalue weighted by atomic mass is 32.1. The van der Waals surface area contributed by atoms with Crippen molar-refractivity contribution in [1.29, 1.82) is 0 Å². The molecule has 3 atom stereocenters. The summed E-state index contributed by atoms with van der Waals surface area (Å²) in [5.41, 5.74) is 0.719. The number of amides is 3. The Bertz CT molecular complexity index is 642. The lowest BCUT2D eigenvalue weighted by atomic mass is 9.84. The minimum atomic E-state index is -1.74. The van der Waals surface area contributed by atoms with Crippen molar-refractivity contribution >= 4 is 34.2 Å². The smallest absolute Gasteiger partial charge is 0.272 e. The minimum absolute atomic E-state index is 0.000810. The molecule has 5 N–H and O–H groups in total.